The van der Waals surface area contributed by atoms with Crippen molar-refractivity contribution in [3.63, 3.8) is 0 Å². The van der Waals surface area contributed by atoms with Gasteiger partial charge in [0.2, 0.25) is 11.8 Å². The van der Waals surface area contributed by atoms with Gasteiger partial charge in [-0.1, -0.05) is 42.5 Å². The van der Waals surface area contributed by atoms with E-state index in [4.69, 9.17) is 5.73 Å². The van der Waals surface area contributed by atoms with Crippen molar-refractivity contribution in [2.75, 3.05) is 18.4 Å². The number of para-hydroxylation sites is 1. The fourth-order valence-electron chi connectivity index (χ4n) is 2.74. The molecular weight excluding hydrogens is 371 g/mol. The molecule has 0 fully saturated rings. The molecule has 0 radical (unpaired) electrons. The van der Waals surface area contributed by atoms with Crippen LogP contribution in [0, 0.1) is 0 Å². The van der Waals surface area contributed by atoms with Crippen molar-refractivity contribution in [1.82, 2.24) is 4.90 Å². The first-order valence-electron chi connectivity index (χ1n) is 8.76. The number of nitrogens with one attached hydrogen (secondary N) is 1. The second kappa shape index (κ2) is 9.36. The molecule has 0 saturated heterocycles. The molecule has 0 unspecified atom stereocenters. The lowest BCUT2D eigenvalue weighted by Crippen LogP contribution is -2.47. The third-order valence-corrected chi connectivity index (χ3v) is 4.15. The molecule has 150 valence electrons. The van der Waals surface area contributed by atoms with E-state index in [1.165, 1.54) is 23.1 Å². The van der Waals surface area contributed by atoms with Crippen LogP contribution in [0.5, 0.6) is 0 Å². The zero-order valence-electron chi connectivity index (χ0n) is 15.4. The second-order valence-corrected chi connectivity index (χ2v) is 6.24. The Balaban J connectivity index is 2.02. The molecule has 0 bridgehead atoms. The smallest absolute Gasteiger partial charge is 0.332 e. The number of amides is 2. The first kappa shape index (κ1) is 21.4. The summed E-state index contributed by atoms with van der Waals surface area (Å²) in [6.07, 6.45) is -4.29. The van der Waals surface area contributed by atoms with Crippen LogP contribution in [0.3, 0.4) is 0 Å². The Morgan fingerprint density at radius 2 is 1.68 bits per heavy atom. The largest absolute Gasteiger partial charge is 0.418 e. The summed E-state index contributed by atoms with van der Waals surface area (Å²) in [6, 6.07) is 13.0. The highest BCUT2D eigenvalue weighted by molar-refractivity contribution is 5.95. The molecule has 0 aliphatic rings. The number of anilines is 1. The van der Waals surface area contributed by atoms with Crippen molar-refractivity contribution in [3.8, 4) is 0 Å². The van der Waals surface area contributed by atoms with Gasteiger partial charge >= 0.3 is 6.18 Å². The van der Waals surface area contributed by atoms with Gasteiger partial charge in [0.05, 0.1) is 23.8 Å². The molecule has 3 N–H and O–H groups in total. The molecule has 28 heavy (non-hydrogen) atoms. The predicted molar refractivity (Wildman–Crippen MR) is 100 cm³/mol. The van der Waals surface area contributed by atoms with Gasteiger partial charge in [0.25, 0.3) is 0 Å². The Bertz CT molecular complexity index is 810. The van der Waals surface area contributed by atoms with Crippen molar-refractivity contribution in [1.29, 1.82) is 0 Å². The molecule has 0 aliphatic carbocycles. The van der Waals surface area contributed by atoms with Crippen LogP contribution in [-0.2, 0) is 22.2 Å². The van der Waals surface area contributed by atoms with E-state index in [2.05, 4.69) is 5.32 Å². The maximum absolute atomic E-state index is 13.0. The topological polar surface area (TPSA) is 75.4 Å². The number of halogens is 3. The van der Waals surface area contributed by atoms with Gasteiger partial charge in [0.1, 0.15) is 0 Å². The minimum absolute atomic E-state index is 0.204. The zero-order valence-corrected chi connectivity index (χ0v) is 15.4. The zero-order chi connectivity index (χ0) is 20.7. The number of carbonyl (C=O) groups excluding carboxylic acids is 2. The maximum atomic E-state index is 13.0. The van der Waals surface area contributed by atoms with Gasteiger partial charge in [0, 0.05) is 6.54 Å². The van der Waals surface area contributed by atoms with Gasteiger partial charge in [-0.3, -0.25) is 9.59 Å². The molecule has 2 aromatic rings. The fourth-order valence-corrected chi connectivity index (χ4v) is 2.74. The second-order valence-electron chi connectivity index (χ2n) is 6.24. The molecule has 0 saturated carbocycles. The highest BCUT2D eigenvalue weighted by Gasteiger charge is 2.33. The number of nitrogens with two attached hydrogens (primary N) is 1. The normalized spacial score (nSPS) is 12.3. The van der Waals surface area contributed by atoms with Crippen LogP contribution in [0.25, 0.3) is 0 Å². The fraction of sp³-hybridized carbons (Fsp3) is 0.300. The summed E-state index contributed by atoms with van der Waals surface area (Å²) >= 11 is 0. The number of carbonyl (C=O) groups is 2. The van der Waals surface area contributed by atoms with Crippen LogP contribution in [-0.4, -0.2) is 35.8 Å². The Morgan fingerprint density at radius 3 is 2.29 bits per heavy atom. The van der Waals surface area contributed by atoms with E-state index in [-0.39, 0.29) is 18.8 Å². The van der Waals surface area contributed by atoms with Gasteiger partial charge in [-0.05, 0) is 31.0 Å². The van der Waals surface area contributed by atoms with Crippen molar-refractivity contribution in [2.45, 2.75) is 25.6 Å². The number of hydrogen-bond acceptors (Lipinski definition) is 3. The van der Waals surface area contributed by atoms with Crippen molar-refractivity contribution in [2.24, 2.45) is 5.73 Å². The van der Waals surface area contributed by atoms with Crippen molar-refractivity contribution >= 4 is 17.5 Å². The Kier molecular flexibility index (Phi) is 7.17. The van der Waals surface area contributed by atoms with Gasteiger partial charge < -0.3 is 16.0 Å². The van der Waals surface area contributed by atoms with Gasteiger partial charge in [-0.2, -0.15) is 13.2 Å². The Morgan fingerprint density at radius 1 is 1.07 bits per heavy atom. The van der Waals surface area contributed by atoms with E-state index >= 15 is 0 Å². The number of nitrogens with zero attached hydrogens (tertiary/aromatic N) is 1. The lowest BCUT2D eigenvalue weighted by atomic mass is 10.1. The summed E-state index contributed by atoms with van der Waals surface area (Å²) in [4.78, 5) is 26.0. The molecule has 8 heteroatoms. The number of rotatable bonds is 7. The quantitative estimate of drug-likeness (QED) is 0.759. The lowest BCUT2D eigenvalue weighted by Gasteiger charge is -2.24. The third kappa shape index (κ3) is 5.82. The van der Waals surface area contributed by atoms with Crippen LogP contribution in [0.1, 0.15) is 18.1 Å². The first-order chi connectivity index (χ1) is 13.2. The molecule has 0 heterocycles. The molecule has 0 aliphatic heterocycles. The van der Waals surface area contributed by atoms with Crippen molar-refractivity contribution in [3.05, 3.63) is 65.7 Å². The first-order valence-corrected chi connectivity index (χ1v) is 8.76. The third-order valence-electron chi connectivity index (χ3n) is 4.15. The number of hydrogen-bond donors (Lipinski definition) is 2. The minimum Gasteiger partial charge on any atom is -0.332 e. The van der Waals surface area contributed by atoms with E-state index < -0.39 is 29.6 Å². The average molecular weight is 393 g/mol. The summed E-state index contributed by atoms with van der Waals surface area (Å²) in [7, 11) is 0. The van der Waals surface area contributed by atoms with Crippen molar-refractivity contribution < 1.29 is 22.8 Å². The minimum atomic E-state index is -4.60. The molecule has 0 spiro atoms. The monoisotopic (exact) mass is 393 g/mol. The number of likely N-dealkylation sites (N-methyl/N-ethyl adjacent to an activating group) is 1. The van der Waals surface area contributed by atoms with Crippen LogP contribution in [0.2, 0.25) is 0 Å². The van der Waals surface area contributed by atoms with Crippen LogP contribution in [0.15, 0.2) is 54.6 Å². The van der Waals surface area contributed by atoms with Gasteiger partial charge in [-0.15, -0.1) is 0 Å². The summed E-state index contributed by atoms with van der Waals surface area (Å²) in [6.45, 7) is 1.49. The molecule has 2 amide bonds. The standard InChI is InChI=1S/C20H22F3N3O2/c1-2-26(19(28)16(24)12-14-8-4-3-5-9-14)13-18(27)25-17-11-7-6-10-15(17)20(21,22)23/h3-11,16H,2,12-13,24H2,1H3,(H,25,27)/t16-/m0/s1. The van der Waals surface area contributed by atoms with E-state index in [9.17, 15) is 22.8 Å². The Labute approximate surface area is 161 Å². The highest BCUT2D eigenvalue weighted by atomic mass is 19.4. The van der Waals surface area contributed by atoms with E-state index in [1.807, 2.05) is 30.3 Å². The molecule has 5 nitrogen and oxygen atoms in total. The summed E-state index contributed by atoms with van der Waals surface area (Å²) in [5.74, 6) is -1.16. The molecule has 1 atom stereocenters. The molecular formula is C20H22F3N3O2. The molecule has 2 aromatic carbocycles. The summed E-state index contributed by atoms with van der Waals surface area (Å²) in [5.41, 5.74) is 5.55. The van der Waals surface area contributed by atoms with Gasteiger partial charge in [-0.25, -0.2) is 0 Å². The molecule has 0 aromatic heterocycles. The summed E-state index contributed by atoms with van der Waals surface area (Å²) < 4.78 is 39.1. The van der Waals surface area contributed by atoms with E-state index in [0.29, 0.717) is 6.42 Å². The van der Waals surface area contributed by atoms with Crippen LogP contribution < -0.4 is 11.1 Å². The molecule has 2 rings (SSSR count). The highest BCUT2D eigenvalue weighted by Crippen LogP contribution is 2.34. The van der Waals surface area contributed by atoms with E-state index in [1.54, 1.807) is 6.92 Å². The Hall–Kier alpha value is -2.87. The van der Waals surface area contributed by atoms with E-state index in [0.717, 1.165) is 11.6 Å². The van der Waals surface area contributed by atoms with Crippen LogP contribution >= 0.6 is 0 Å². The summed E-state index contributed by atoms with van der Waals surface area (Å²) in [5, 5.41) is 2.23. The van der Waals surface area contributed by atoms with Crippen LogP contribution in [0.4, 0.5) is 18.9 Å². The van der Waals surface area contributed by atoms with Gasteiger partial charge in [0.15, 0.2) is 0 Å². The lowest BCUT2D eigenvalue weighted by molar-refractivity contribution is -0.137. The average Bonchev–Trinajstić information content (AvgIpc) is 2.66. The number of alkyl halides is 3. The number of benzene rings is 2. The maximum Gasteiger partial charge on any atom is 0.418 e. The SMILES string of the molecule is CCN(CC(=O)Nc1ccccc1C(F)(F)F)C(=O)[C@@H](N)Cc1ccccc1. The predicted octanol–water partition coefficient (Wildman–Crippen LogP) is 3.06.